The van der Waals surface area contributed by atoms with E-state index in [2.05, 4.69) is 20.3 Å². The first-order valence-corrected chi connectivity index (χ1v) is 6.98. The van der Waals surface area contributed by atoms with Crippen molar-refractivity contribution in [1.82, 2.24) is 15.6 Å². The van der Waals surface area contributed by atoms with Gasteiger partial charge in [0.1, 0.15) is 22.9 Å². The van der Waals surface area contributed by atoms with Crippen molar-refractivity contribution in [3.05, 3.63) is 53.5 Å². The number of aryl methyl sites for hydroxylation is 1. The number of hydrogen-bond acceptors (Lipinski definition) is 6. The van der Waals surface area contributed by atoms with Crippen LogP contribution in [0, 0.1) is 6.92 Å². The number of furan rings is 1. The molecule has 7 heteroatoms. The summed E-state index contributed by atoms with van der Waals surface area (Å²) in [5.74, 6) is 1.27. The van der Waals surface area contributed by atoms with Crippen molar-refractivity contribution in [3.63, 3.8) is 0 Å². The lowest BCUT2D eigenvalue weighted by Crippen LogP contribution is -2.22. The minimum Gasteiger partial charge on any atom is -0.497 e. The van der Waals surface area contributed by atoms with Crippen LogP contribution in [0.25, 0.3) is 11.3 Å². The van der Waals surface area contributed by atoms with Gasteiger partial charge in [-0.1, -0.05) is 10.3 Å². The molecular weight excluding hydrogens is 298 g/mol. The molecule has 0 atom stereocenters. The van der Waals surface area contributed by atoms with Crippen molar-refractivity contribution in [2.45, 2.75) is 13.5 Å². The standard InChI is InChI=1S/C16H15N3O4/c1-10-13(19-23-18-10)9-17-16(20)15-8-7-14(22-15)11-3-5-12(21-2)6-4-11/h3-8H,9H2,1-2H3,(H,17,20). The molecule has 0 fully saturated rings. The van der Waals surface area contributed by atoms with Crippen LogP contribution in [0.1, 0.15) is 21.9 Å². The van der Waals surface area contributed by atoms with Crippen molar-refractivity contribution >= 4 is 5.91 Å². The minimum absolute atomic E-state index is 0.227. The van der Waals surface area contributed by atoms with Gasteiger partial charge in [0.25, 0.3) is 5.91 Å². The van der Waals surface area contributed by atoms with Gasteiger partial charge in [0.15, 0.2) is 5.76 Å². The third-order valence-corrected chi connectivity index (χ3v) is 3.37. The molecule has 1 N–H and O–H groups in total. The zero-order valence-corrected chi connectivity index (χ0v) is 12.7. The van der Waals surface area contributed by atoms with Crippen molar-refractivity contribution in [2.24, 2.45) is 0 Å². The summed E-state index contributed by atoms with van der Waals surface area (Å²) in [7, 11) is 1.61. The molecule has 0 aliphatic heterocycles. The molecule has 0 bridgehead atoms. The molecule has 0 saturated carbocycles. The monoisotopic (exact) mass is 313 g/mol. The molecular formula is C16H15N3O4. The Morgan fingerprint density at radius 2 is 1.96 bits per heavy atom. The van der Waals surface area contributed by atoms with E-state index in [0.29, 0.717) is 17.1 Å². The van der Waals surface area contributed by atoms with Crippen LogP contribution >= 0.6 is 0 Å². The Morgan fingerprint density at radius 3 is 2.61 bits per heavy atom. The summed E-state index contributed by atoms with van der Waals surface area (Å²) in [5, 5.41) is 10.1. The topological polar surface area (TPSA) is 90.4 Å². The molecule has 1 amide bonds. The predicted octanol–water partition coefficient (Wildman–Crippen LogP) is 2.58. The number of methoxy groups -OCH3 is 1. The van der Waals surface area contributed by atoms with Gasteiger partial charge in [0.05, 0.1) is 13.7 Å². The van der Waals surface area contributed by atoms with Crippen LogP contribution in [-0.2, 0) is 6.54 Å². The first-order valence-electron chi connectivity index (χ1n) is 6.98. The zero-order valence-electron chi connectivity index (χ0n) is 12.7. The van der Waals surface area contributed by atoms with Crippen LogP contribution < -0.4 is 10.1 Å². The summed E-state index contributed by atoms with van der Waals surface area (Å²) < 4.78 is 15.3. The molecule has 2 heterocycles. The molecule has 7 nitrogen and oxygen atoms in total. The predicted molar refractivity (Wildman–Crippen MR) is 80.9 cm³/mol. The van der Waals surface area contributed by atoms with Crippen molar-refractivity contribution in [2.75, 3.05) is 7.11 Å². The van der Waals surface area contributed by atoms with Crippen molar-refractivity contribution in [1.29, 1.82) is 0 Å². The number of amides is 1. The lowest BCUT2D eigenvalue weighted by atomic mass is 10.2. The molecule has 1 aromatic carbocycles. The van der Waals surface area contributed by atoms with Crippen LogP contribution in [-0.4, -0.2) is 23.3 Å². The lowest BCUT2D eigenvalue weighted by molar-refractivity contribution is 0.0923. The van der Waals surface area contributed by atoms with Gasteiger partial charge in [-0.2, -0.15) is 0 Å². The number of carbonyl (C=O) groups is 1. The van der Waals surface area contributed by atoms with E-state index in [1.165, 1.54) is 0 Å². The van der Waals surface area contributed by atoms with E-state index in [0.717, 1.165) is 11.3 Å². The summed E-state index contributed by atoms with van der Waals surface area (Å²) >= 11 is 0. The maximum atomic E-state index is 12.1. The first kappa shape index (κ1) is 14.8. The molecule has 118 valence electrons. The maximum Gasteiger partial charge on any atom is 0.287 e. The van der Waals surface area contributed by atoms with E-state index in [9.17, 15) is 4.79 Å². The summed E-state index contributed by atoms with van der Waals surface area (Å²) in [6.07, 6.45) is 0. The number of carbonyl (C=O) groups excluding carboxylic acids is 1. The number of nitrogens with one attached hydrogen (secondary N) is 1. The second kappa shape index (κ2) is 6.35. The third kappa shape index (κ3) is 3.23. The second-order valence-electron chi connectivity index (χ2n) is 4.87. The average molecular weight is 313 g/mol. The molecule has 0 spiro atoms. The highest BCUT2D eigenvalue weighted by atomic mass is 16.6. The summed E-state index contributed by atoms with van der Waals surface area (Å²) in [4.78, 5) is 12.1. The summed E-state index contributed by atoms with van der Waals surface area (Å²) in [6.45, 7) is 1.99. The fourth-order valence-corrected chi connectivity index (χ4v) is 2.03. The summed E-state index contributed by atoms with van der Waals surface area (Å²) in [6, 6.07) is 10.8. The number of rotatable bonds is 5. The Balaban J connectivity index is 1.68. The Hall–Kier alpha value is -3.09. The Bertz CT molecular complexity index is 805. The molecule has 23 heavy (non-hydrogen) atoms. The zero-order chi connectivity index (χ0) is 16.2. The van der Waals surface area contributed by atoms with E-state index < -0.39 is 0 Å². The van der Waals surface area contributed by atoms with E-state index in [-0.39, 0.29) is 18.2 Å². The normalized spacial score (nSPS) is 10.5. The first-order chi connectivity index (χ1) is 11.2. The van der Waals surface area contributed by atoms with Crippen LogP contribution in [0.4, 0.5) is 0 Å². The largest absolute Gasteiger partial charge is 0.497 e. The van der Waals surface area contributed by atoms with Crippen LogP contribution in [0.15, 0.2) is 45.4 Å². The highest BCUT2D eigenvalue weighted by Crippen LogP contribution is 2.24. The molecule has 2 aromatic heterocycles. The van der Waals surface area contributed by atoms with Crippen molar-refractivity contribution < 1.29 is 18.6 Å². The van der Waals surface area contributed by atoms with Gasteiger partial charge in [0, 0.05) is 5.56 Å². The second-order valence-corrected chi connectivity index (χ2v) is 4.87. The number of nitrogens with zero attached hydrogens (tertiary/aromatic N) is 2. The van der Waals surface area contributed by atoms with Gasteiger partial charge in [-0.05, 0) is 43.3 Å². The average Bonchev–Trinajstić information content (AvgIpc) is 3.22. The minimum atomic E-state index is -0.327. The van der Waals surface area contributed by atoms with E-state index in [1.54, 1.807) is 26.2 Å². The molecule has 0 saturated heterocycles. The molecule has 3 rings (SSSR count). The van der Waals surface area contributed by atoms with Gasteiger partial charge in [-0.25, -0.2) is 4.63 Å². The van der Waals surface area contributed by atoms with E-state index >= 15 is 0 Å². The van der Waals surface area contributed by atoms with Gasteiger partial charge >= 0.3 is 0 Å². The number of aromatic nitrogens is 2. The van der Waals surface area contributed by atoms with E-state index in [4.69, 9.17) is 9.15 Å². The fourth-order valence-electron chi connectivity index (χ4n) is 2.03. The third-order valence-electron chi connectivity index (χ3n) is 3.37. The van der Waals surface area contributed by atoms with Crippen LogP contribution in [0.3, 0.4) is 0 Å². The van der Waals surface area contributed by atoms with Gasteiger partial charge in [0.2, 0.25) is 0 Å². The maximum absolute atomic E-state index is 12.1. The van der Waals surface area contributed by atoms with Gasteiger partial charge in [-0.3, -0.25) is 4.79 Å². The summed E-state index contributed by atoms with van der Waals surface area (Å²) in [5.41, 5.74) is 2.09. The number of benzene rings is 1. The number of hydrogen-bond donors (Lipinski definition) is 1. The van der Waals surface area contributed by atoms with Crippen LogP contribution in [0.2, 0.25) is 0 Å². The quantitative estimate of drug-likeness (QED) is 0.778. The highest BCUT2D eigenvalue weighted by Gasteiger charge is 2.14. The molecule has 0 aliphatic rings. The highest BCUT2D eigenvalue weighted by molar-refractivity contribution is 5.92. The lowest BCUT2D eigenvalue weighted by Gasteiger charge is -2.02. The molecule has 0 aliphatic carbocycles. The smallest absolute Gasteiger partial charge is 0.287 e. The number of ether oxygens (including phenoxy) is 1. The fraction of sp³-hybridized carbons (Fsp3) is 0.188. The molecule has 0 radical (unpaired) electrons. The van der Waals surface area contributed by atoms with Crippen molar-refractivity contribution in [3.8, 4) is 17.1 Å². The Morgan fingerprint density at radius 1 is 1.17 bits per heavy atom. The SMILES string of the molecule is COc1ccc(-c2ccc(C(=O)NCc3nonc3C)o2)cc1. The molecule has 3 aromatic rings. The van der Waals surface area contributed by atoms with E-state index in [1.807, 2.05) is 24.3 Å². The molecule has 0 unspecified atom stereocenters. The Labute approximate surface area is 132 Å². The Kier molecular flexibility index (Phi) is 4.09. The van der Waals surface area contributed by atoms with Crippen LogP contribution in [0.5, 0.6) is 5.75 Å². The van der Waals surface area contributed by atoms with Gasteiger partial charge < -0.3 is 14.5 Å². The van der Waals surface area contributed by atoms with Gasteiger partial charge in [-0.15, -0.1) is 0 Å².